The van der Waals surface area contributed by atoms with Crippen LogP contribution in [0.3, 0.4) is 0 Å². The first-order valence-corrected chi connectivity index (χ1v) is 9.66. The number of hydrogen-bond donors (Lipinski definition) is 2. The second-order valence-corrected chi connectivity index (χ2v) is 6.84. The van der Waals surface area contributed by atoms with Gasteiger partial charge in [0.1, 0.15) is 18.1 Å². The fourth-order valence-corrected chi connectivity index (χ4v) is 2.77. The molecule has 0 fully saturated rings. The van der Waals surface area contributed by atoms with Gasteiger partial charge in [-0.15, -0.1) is 0 Å². The van der Waals surface area contributed by atoms with Gasteiger partial charge in [-0.2, -0.15) is 0 Å². The van der Waals surface area contributed by atoms with Crippen LogP contribution in [0.1, 0.15) is 40.1 Å². The average Bonchev–Trinajstić information content (AvgIpc) is 2.76. The molecule has 3 rings (SSSR count). The SMILES string of the molecule is CC(C)Oc1ccccc1C(=O)NNC(=O)c1ccccc1OCc1ccccc1. The van der Waals surface area contributed by atoms with Crippen molar-refractivity contribution in [2.75, 3.05) is 0 Å². The standard InChI is InChI=1S/C24H24N2O4/c1-17(2)30-22-15-9-7-13-20(22)24(28)26-25-23(27)19-12-6-8-14-21(19)29-16-18-10-4-3-5-11-18/h3-15,17H,16H2,1-2H3,(H,25,27)(H,26,28). The van der Waals surface area contributed by atoms with Crippen LogP contribution < -0.4 is 20.3 Å². The Morgan fingerprint density at radius 2 is 1.23 bits per heavy atom. The maximum atomic E-state index is 12.6. The minimum absolute atomic E-state index is 0.0813. The lowest BCUT2D eigenvalue weighted by molar-refractivity contribution is 0.0840. The highest BCUT2D eigenvalue weighted by atomic mass is 16.5. The minimum atomic E-state index is -0.478. The van der Waals surface area contributed by atoms with Crippen LogP contribution in [-0.2, 0) is 6.61 Å². The van der Waals surface area contributed by atoms with Crippen molar-refractivity contribution in [1.82, 2.24) is 10.9 Å². The average molecular weight is 404 g/mol. The number of rotatable bonds is 7. The van der Waals surface area contributed by atoms with Crippen LogP contribution in [0.2, 0.25) is 0 Å². The van der Waals surface area contributed by atoms with Gasteiger partial charge in [0, 0.05) is 0 Å². The molecule has 30 heavy (non-hydrogen) atoms. The summed E-state index contributed by atoms with van der Waals surface area (Å²) in [7, 11) is 0. The molecule has 0 aliphatic carbocycles. The first-order chi connectivity index (χ1) is 14.5. The Bertz CT molecular complexity index is 1000. The fourth-order valence-electron chi connectivity index (χ4n) is 2.77. The van der Waals surface area contributed by atoms with Gasteiger partial charge in [-0.3, -0.25) is 20.4 Å². The third-order valence-corrected chi connectivity index (χ3v) is 4.15. The highest BCUT2D eigenvalue weighted by Crippen LogP contribution is 2.20. The van der Waals surface area contributed by atoms with E-state index in [0.29, 0.717) is 29.2 Å². The lowest BCUT2D eigenvalue weighted by atomic mass is 10.2. The number of hydrogen-bond acceptors (Lipinski definition) is 4. The molecule has 0 saturated heterocycles. The Kier molecular flexibility index (Phi) is 7.05. The summed E-state index contributed by atoms with van der Waals surface area (Å²) in [4.78, 5) is 25.2. The van der Waals surface area contributed by atoms with Crippen molar-refractivity contribution < 1.29 is 19.1 Å². The van der Waals surface area contributed by atoms with Gasteiger partial charge in [-0.05, 0) is 43.7 Å². The normalized spacial score (nSPS) is 10.4. The summed E-state index contributed by atoms with van der Waals surface area (Å²) in [6.07, 6.45) is -0.0813. The van der Waals surface area contributed by atoms with Crippen LogP contribution in [0, 0.1) is 0 Å². The highest BCUT2D eigenvalue weighted by molar-refractivity contribution is 6.01. The zero-order chi connectivity index (χ0) is 21.3. The number of ether oxygens (including phenoxy) is 2. The van der Waals surface area contributed by atoms with Crippen molar-refractivity contribution in [1.29, 1.82) is 0 Å². The molecule has 0 bridgehead atoms. The van der Waals surface area contributed by atoms with Crippen molar-refractivity contribution in [3.63, 3.8) is 0 Å². The molecule has 2 N–H and O–H groups in total. The molecule has 0 atom stereocenters. The monoisotopic (exact) mass is 404 g/mol. The molecule has 154 valence electrons. The lowest BCUT2D eigenvalue weighted by Gasteiger charge is -2.15. The maximum absolute atomic E-state index is 12.6. The number of benzene rings is 3. The Balaban J connectivity index is 1.65. The lowest BCUT2D eigenvalue weighted by Crippen LogP contribution is -2.42. The quantitative estimate of drug-likeness (QED) is 0.581. The highest BCUT2D eigenvalue weighted by Gasteiger charge is 2.16. The molecule has 6 nitrogen and oxygen atoms in total. The van der Waals surface area contributed by atoms with Crippen LogP contribution in [0.4, 0.5) is 0 Å². The molecule has 2 amide bonds. The third-order valence-electron chi connectivity index (χ3n) is 4.15. The van der Waals surface area contributed by atoms with E-state index < -0.39 is 11.8 Å². The van der Waals surface area contributed by atoms with E-state index in [1.54, 1.807) is 48.5 Å². The predicted octanol–water partition coefficient (Wildman–Crippen LogP) is 4.13. The molecule has 0 aromatic heterocycles. The summed E-state index contributed by atoms with van der Waals surface area (Å²) >= 11 is 0. The van der Waals surface area contributed by atoms with Gasteiger partial charge in [0.2, 0.25) is 0 Å². The number of para-hydroxylation sites is 2. The number of carbonyl (C=O) groups is 2. The van der Waals surface area contributed by atoms with E-state index in [1.807, 2.05) is 44.2 Å². The molecule has 3 aromatic carbocycles. The molecule has 0 radical (unpaired) electrons. The molecule has 0 unspecified atom stereocenters. The minimum Gasteiger partial charge on any atom is -0.490 e. The molecule has 6 heteroatoms. The van der Waals surface area contributed by atoms with E-state index in [-0.39, 0.29) is 6.10 Å². The summed E-state index contributed by atoms with van der Waals surface area (Å²) in [6.45, 7) is 4.09. The Morgan fingerprint density at radius 1 is 0.733 bits per heavy atom. The van der Waals surface area contributed by atoms with Gasteiger partial charge in [-0.1, -0.05) is 54.6 Å². The van der Waals surface area contributed by atoms with Crippen molar-refractivity contribution >= 4 is 11.8 Å². The van der Waals surface area contributed by atoms with E-state index in [9.17, 15) is 9.59 Å². The Hall–Kier alpha value is -3.80. The Labute approximate surface area is 175 Å². The smallest absolute Gasteiger partial charge is 0.273 e. The number of nitrogens with one attached hydrogen (secondary N) is 2. The molecule has 0 spiro atoms. The van der Waals surface area contributed by atoms with Gasteiger partial charge in [-0.25, -0.2) is 0 Å². The molecule has 0 saturated carbocycles. The van der Waals surface area contributed by atoms with E-state index in [0.717, 1.165) is 5.56 Å². The molecule has 0 aliphatic rings. The number of amides is 2. The van der Waals surface area contributed by atoms with Crippen LogP contribution >= 0.6 is 0 Å². The molecule has 0 aliphatic heterocycles. The van der Waals surface area contributed by atoms with E-state index in [1.165, 1.54) is 0 Å². The number of carbonyl (C=O) groups excluding carboxylic acids is 2. The summed E-state index contributed by atoms with van der Waals surface area (Å²) in [5, 5.41) is 0. The third kappa shape index (κ3) is 5.61. The Morgan fingerprint density at radius 3 is 1.83 bits per heavy atom. The molecular formula is C24H24N2O4. The van der Waals surface area contributed by atoms with Crippen molar-refractivity contribution in [3.05, 3.63) is 95.6 Å². The molecular weight excluding hydrogens is 380 g/mol. The van der Waals surface area contributed by atoms with Gasteiger partial charge < -0.3 is 9.47 Å². The van der Waals surface area contributed by atoms with Gasteiger partial charge in [0.05, 0.1) is 17.2 Å². The van der Waals surface area contributed by atoms with E-state index >= 15 is 0 Å². The topological polar surface area (TPSA) is 76.7 Å². The molecule has 0 heterocycles. The molecule has 3 aromatic rings. The van der Waals surface area contributed by atoms with E-state index in [4.69, 9.17) is 9.47 Å². The largest absolute Gasteiger partial charge is 0.490 e. The zero-order valence-corrected chi connectivity index (χ0v) is 16.9. The summed E-state index contributed by atoms with van der Waals surface area (Å²) in [5.41, 5.74) is 6.52. The van der Waals surface area contributed by atoms with Crippen LogP contribution in [0.15, 0.2) is 78.9 Å². The van der Waals surface area contributed by atoms with Gasteiger partial charge in [0.25, 0.3) is 11.8 Å². The maximum Gasteiger partial charge on any atom is 0.273 e. The summed E-state index contributed by atoms with van der Waals surface area (Å²) in [5.74, 6) is -0.0703. The first-order valence-electron chi connectivity index (χ1n) is 9.66. The number of hydrazine groups is 1. The van der Waals surface area contributed by atoms with Crippen molar-refractivity contribution in [2.45, 2.75) is 26.6 Å². The van der Waals surface area contributed by atoms with Gasteiger partial charge >= 0.3 is 0 Å². The fraction of sp³-hybridized carbons (Fsp3) is 0.167. The summed E-state index contributed by atoms with van der Waals surface area (Å²) < 4.78 is 11.5. The van der Waals surface area contributed by atoms with Crippen LogP contribution in [-0.4, -0.2) is 17.9 Å². The summed E-state index contributed by atoms with van der Waals surface area (Å²) in [6, 6.07) is 23.4. The van der Waals surface area contributed by atoms with Gasteiger partial charge in [0.15, 0.2) is 0 Å². The van der Waals surface area contributed by atoms with Crippen LogP contribution in [0.25, 0.3) is 0 Å². The zero-order valence-electron chi connectivity index (χ0n) is 16.9. The van der Waals surface area contributed by atoms with Crippen molar-refractivity contribution in [3.8, 4) is 11.5 Å². The van der Waals surface area contributed by atoms with Crippen LogP contribution in [0.5, 0.6) is 11.5 Å². The predicted molar refractivity (Wildman–Crippen MR) is 114 cm³/mol. The second-order valence-electron chi connectivity index (χ2n) is 6.84. The van der Waals surface area contributed by atoms with Crippen molar-refractivity contribution in [2.24, 2.45) is 0 Å². The first kappa shape index (κ1) is 20.9. The second kappa shape index (κ2) is 10.1. The van der Waals surface area contributed by atoms with E-state index in [2.05, 4.69) is 10.9 Å².